The molecule has 104 valence electrons. The second kappa shape index (κ2) is 6.75. The fourth-order valence-electron chi connectivity index (χ4n) is 1.48. The number of hydrogen-bond acceptors (Lipinski definition) is 3. The summed E-state index contributed by atoms with van der Waals surface area (Å²) >= 11 is 0. The number of nitrogens with zero attached hydrogens (tertiary/aromatic N) is 1. The summed E-state index contributed by atoms with van der Waals surface area (Å²) < 4.78 is 0. The number of aliphatic hydroxyl groups excluding tert-OH is 1. The fourth-order valence-corrected chi connectivity index (χ4v) is 1.48. The minimum atomic E-state index is -1.28. The first kappa shape index (κ1) is 15.0. The smallest absolute Gasteiger partial charge is 0.328 e. The molecule has 0 radical (unpaired) electrons. The number of aryl methyl sites for hydroxylation is 1. The summed E-state index contributed by atoms with van der Waals surface area (Å²) in [5.41, 5.74) is 2.07. The highest BCUT2D eigenvalue weighted by atomic mass is 16.4. The molecule has 1 rings (SSSR count). The molecule has 0 aliphatic carbocycles. The van der Waals surface area contributed by atoms with Gasteiger partial charge in [0.25, 0.3) is 0 Å². The molecule has 1 aromatic carbocycles. The first-order valence-electron chi connectivity index (χ1n) is 5.85. The molecule has 3 N–H and O–H groups in total. The molecule has 6 heteroatoms. The lowest BCUT2D eigenvalue weighted by atomic mass is 10.1. The van der Waals surface area contributed by atoms with Gasteiger partial charge in [-0.3, -0.25) is 0 Å². The van der Waals surface area contributed by atoms with E-state index in [4.69, 9.17) is 10.2 Å². The van der Waals surface area contributed by atoms with Crippen molar-refractivity contribution in [3.8, 4) is 0 Å². The minimum absolute atomic E-state index is 0.365. The Kier molecular flexibility index (Phi) is 5.32. The Labute approximate surface area is 111 Å². The number of carboxylic acids is 1. The maximum Gasteiger partial charge on any atom is 0.328 e. The summed E-state index contributed by atoms with van der Waals surface area (Å²) in [4.78, 5) is 23.8. The summed E-state index contributed by atoms with van der Waals surface area (Å²) in [7, 11) is 1.56. The summed E-state index contributed by atoms with van der Waals surface area (Å²) in [5.74, 6) is -1.26. The van der Waals surface area contributed by atoms with Crippen LogP contribution in [-0.2, 0) is 11.3 Å². The number of nitrogens with one attached hydrogen (secondary N) is 1. The van der Waals surface area contributed by atoms with E-state index in [1.807, 2.05) is 31.2 Å². The number of urea groups is 1. The van der Waals surface area contributed by atoms with Gasteiger partial charge < -0.3 is 20.4 Å². The van der Waals surface area contributed by atoms with Gasteiger partial charge >= 0.3 is 12.0 Å². The highest BCUT2D eigenvalue weighted by Gasteiger charge is 2.20. The van der Waals surface area contributed by atoms with Gasteiger partial charge in [0.2, 0.25) is 0 Å². The van der Waals surface area contributed by atoms with Crippen molar-refractivity contribution in [2.45, 2.75) is 19.5 Å². The monoisotopic (exact) mass is 266 g/mol. The first-order chi connectivity index (χ1) is 8.93. The zero-order chi connectivity index (χ0) is 14.4. The number of benzene rings is 1. The molecular weight excluding hydrogens is 248 g/mol. The Hall–Kier alpha value is -2.08. The molecule has 1 atom stereocenters. The van der Waals surface area contributed by atoms with Gasteiger partial charge in [-0.15, -0.1) is 0 Å². The lowest BCUT2D eigenvalue weighted by Gasteiger charge is -2.20. The average Bonchev–Trinajstić information content (AvgIpc) is 2.37. The van der Waals surface area contributed by atoms with Crippen molar-refractivity contribution in [2.24, 2.45) is 0 Å². The molecule has 0 heterocycles. The molecule has 1 unspecified atom stereocenters. The van der Waals surface area contributed by atoms with E-state index in [0.717, 1.165) is 11.1 Å². The zero-order valence-electron chi connectivity index (χ0n) is 11.0. The van der Waals surface area contributed by atoms with Crippen molar-refractivity contribution in [3.05, 3.63) is 35.4 Å². The third-order valence-corrected chi connectivity index (χ3v) is 2.67. The molecule has 0 spiro atoms. The third-order valence-electron chi connectivity index (χ3n) is 2.67. The maximum absolute atomic E-state index is 11.7. The Morgan fingerprint density at radius 3 is 2.37 bits per heavy atom. The number of carbonyl (C=O) groups is 2. The van der Waals surface area contributed by atoms with Crippen LogP contribution < -0.4 is 5.32 Å². The van der Waals surface area contributed by atoms with Crippen LogP contribution in [0.15, 0.2) is 24.3 Å². The highest BCUT2D eigenvalue weighted by Crippen LogP contribution is 2.06. The number of hydrogen-bond donors (Lipinski definition) is 3. The SMILES string of the molecule is Cc1ccc(CN(C)C(=O)NC(CO)C(=O)O)cc1. The normalized spacial score (nSPS) is 11.7. The standard InChI is InChI=1S/C13H18N2O4/c1-9-3-5-10(6-4-9)7-15(2)13(19)14-11(8-16)12(17)18/h3-6,11,16H,7-8H2,1-2H3,(H,14,19)(H,17,18). The summed E-state index contributed by atoms with van der Waals surface area (Å²) in [6.45, 7) is 1.70. The van der Waals surface area contributed by atoms with Crippen molar-refractivity contribution in [2.75, 3.05) is 13.7 Å². The first-order valence-corrected chi connectivity index (χ1v) is 5.85. The number of aliphatic hydroxyl groups is 1. The lowest BCUT2D eigenvalue weighted by Crippen LogP contribution is -2.48. The lowest BCUT2D eigenvalue weighted by molar-refractivity contribution is -0.140. The van der Waals surface area contributed by atoms with E-state index >= 15 is 0 Å². The van der Waals surface area contributed by atoms with E-state index in [0.29, 0.717) is 6.54 Å². The second-order valence-electron chi connectivity index (χ2n) is 4.36. The van der Waals surface area contributed by atoms with Crippen molar-refractivity contribution < 1.29 is 19.8 Å². The highest BCUT2D eigenvalue weighted by molar-refractivity contribution is 5.82. The van der Waals surface area contributed by atoms with E-state index in [-0.39, 0.29) is 0 Å². The number of amides is 2. The summed E-state index contributed by atoms with van der Waals surface area (Å²) in [6, 6.07) is 5.86. The van der Waals surface area contributed by atoms with Gasteiger partial charge in [-0.05, 0) is 12.5 Å². The largest absolute Gasteiger partial charge is 0.480 e. The number of rotatable bonds is 5. The molecule has 0 fully saturated rings. The van der Waals surface area contributed by atoms with Gasteiger partial charge in [0.05, 0.1) is 6.61 Å². The number of carbonyl (C=O) groups excluding carboxylic acids is 1. The Bertz CT molecular complexity index is 444. The van der Waals surface area contributed by atoms with E-state index in [9.17, 15) is 9.59 Å². The van der Waals surface area contributed by atoms with Crippen LogP contribution >= 0.6 is 0 Å². The van der Waals surface area contributed by atoms with Gasteiger partial charge in [-0.2, -0.15) is 0 Å². The van der Waals surface area contributed by atoms with Gasteiger partial charge in [-0.1, -0.05) is 29.8 Å². The number of aliphatic carboxylic acids is 1. The molecule has 0 aliphatic heterocycles. The Balaban J connectivity index is 2.57. The zero-order valence-corrected chi connectivity index (χ0v) is 11.0. The van der Waals surface area contributed by atoms with E-state index in [1.54, 1.807) is 7.05 Å². The molecule has 0 aliphatic rings. The van der Waals surface area contributed by atoms with Crippen LogP contribution in [0.4, 0.5) is 4.79 Å². The molecule has 0 bridgehead atoms. The Morgan fingerprint density at radius 2 is 1.89 bits per heavy atom. The van der Waals surface area contributed by atoms with Crippen LogP contribution in [0.5, 0.6) is 0 Å². The van der Waals surface area contributed by atoms with Crippen molar-refractivity contribution in [1.29, 1.82) is 0 Å². The average molecular weight is 266 g/mol. The van der Waals surface area contributed by atoms with E-state index < -0.39 is 24.6 Å². The molecular formula is C13H18N2O4. The van der Waals surface area contributed by atoms with Crippen LogP contribution in [0.2, 0.25) is 0 Å². The van der Waals surface area contributed by atoms with Crippen LogP contribution in [0.3, 0.4) is 0 Å². The molecule has 2 amide bonds. The van der Waals surface area contributed by atoms with Crippen molar-refractivity contribution in [3.63, 3.8) is 0 Å². The number of carboxylic acid groups (broad SMARTS) is 1. The van der Waals surface area contributed by atoms with Crippen LogP contribution in [0, 0.1) is 6.92 Å². The third kappa shape index (κ3) is 4.59. The Morgan fingerprint density at radius 1 is 1.32 bits per heavy atom. The summed E-state index contributed by atoms with van der Waals surface area (Å²) in [5, 5.41) is 19.8. The quantitative estimate of drug-likeness (QED) is 0.727. The molecule has 0 aromatic heterocycles. The predicted octanol–water partition coefficient (Wildman–Crippen LogP) is 0.582. The molecule has 1 aromatic rings. The second-order valence-corrected chi connectivity index (χ2v) is 4.36. The van der Waals surface area contributed by atoms with Gasteiger partial charge in [0.15, 0.2) is 6.04 Å². The van der Waals surface area contributed by atoms with Crippen LogP contribution in [-0.4, -0.2) is 46.8 Å². The molecule has 19 heavy (non-hydrogen) atoms. The van der Waals surface area contributed by atoms with Crippen molar-refractivity contribution in [1.82, 2.24) is 10.2 Å². The van der Waals surface area contributed by atoms with Gasteiger partial charge in [-0.25, -0.2) is 9.59 Å². The van der Waals surface area contributed by atoms with Gasteiger partial charge in [0, 0.05) is 13.6 Å². The van der Waals surface area contributed by atoms with E-state index in [1.165, 1.54) is 4.90 Å². The van der Waals surface area contributed by atoms with E-state index in [2.05, 4.69) is 5.32 Å². The molecule has 0 saturated carbocycles. The molecule has 6 nitrogen and oxygen atoms in total. The maximum atomic E-state index is 11.7. The van der Waals surface area contributed by atoms with Crippen LogP contribution in [0.1, 0.15) is 11.1 Å². The predicted molar refractivity (Wildman–Crippen MR) is 69.7 cm³/mol. The van der Waals surface area contributed by atoms with Crippen molar-refractivity contribution >= 4 is 12.0 Å². The topological polar surface area (TPSA) is 89.9 Å². The fraction of sp³-hybridized carbons (Fsp3) is 0.385. The minimum Gasteiger partial charge on any atom is -0.480 e. The molecule has 0 saturated heterocycles. The van der Waals surface area contributed by atoms with Gasteiger partial charge in [0.1, 0.15) is 0 Å². The summed E-state index contributed by atoms with van der Waals surface area (Å²) in [6.07, 6.45) is 0. The van der Waals surface area contributed by atoms with Crippen LogP contribution in [0.25, 0.3) is 0 Å².